The Morgan fingerprint density at radius 3 is 2.21 bits per heavy atom. The Kier molecular flexibility index (Phi) is 11.0. The molecule has 2 aromatic rings. The van der Waals surface area contributed by atoms with Crippen LogP contribution in [0.3, 0.4) is 0 Å². The lowest BCUT2D eigenvalue weighted by molar-refractivity contribution is -0.132. The molecule has 2 rings (SSSR count). The van der Waals surface area contributed by atoms with Gasteiger partial charge in [0, 0.05) is 34.2 Å². The van der Waals surface area contributed by atoms with Crippen LogP contribution in [0.25, 0.3) is 0 Å². The van der Waals surface area contributed by atoms with Gasteiger partial charge < -0.3 is 24.8 Å². The number of pyridine rings is 1. The maximum Gasteiger partial charge on any atom is 0.243 e. The standard InChI is InChI=1S/C26H40N6O5S/c1-19-14-22(37-8)15-20(2)26(19)38(35,36)32(7)18-24(33)27-16-25(34)31(6)17-21-10-9-11-23(28-21)30(5)13-12-29(3)4/h9-11,14-15H,12-13,16-18H2,1-8H3,(H,27,33). The second kappa shape index (κ2) is 13.5. The number of nitrogens with one attached hydrogen (secondary N) is 1. The zero-order chi connectivity index (χ0) is 28.6. The Labute approximate surface area is 226 Å². The molecule has 210 valence electrons. The summed E-state index contributed by atoms with van der Waals surface area (Å²) in [6.07, 6.45) is 0. The van der Waals surface area contributed by atoms with Gasteiger partial charge >= 0.3 is 0 Å². The molecule has 0 aliphatic heterocycles. The predicted molar refractivity (Wildman–Crippen MR) is 148 cm³/mol. The molecule has 1 heterocycles. The van der Waals surface area contributed by atoms with E-state index >= 15 is 0 Å². The van der Waals surface area contributed by atoms with Gasteiger partial charge in [0.15, 0.2) is 0 Å². The Morgan fingerprint density at radius 2 is 1.63 bits per heavy atom. The summed E-state index contributed by atoms with van der Waals surface area (Å²) in [4.78, 5) is 35.5. The van der Waals surface area contributed by atoms with Crippen molar-refractivity contribution < 1.29 is 22.7 Å². The van der Waals surface area contributed by atoms with Crippen LogP contribution in [0.5, 0.6) is 5.75 Å². The van der Waals surface area contributed by atoms with E-state index in [2.05, 4.69) is 15.2 Å². The van der Waals surface area contributed by atoms with Crippen molar-refractivity contribution in [2.45, 2.75) is 25.3 Å². The van der Waals surface area contributed by atoms with Crippen molar-refractivity contribution in [3.8, 4) is 5.75 Å². The first-order valence-corrected chi connectivity index (χ1v) is 13.6. The molecule has 1 aromatic heterocycles. The molecular weight excluding hydrogens is 508 g/mol. The number of sulfonamides is 1. The number of rotatable bonds is 13. The van der Waals surface area contributed by atoms with Crippen LogP contribution in [0.4, 0.5) is 5.82 Å². The second-order valence-corrected chi connectivity index (χ2v) is 11.6. The molecule has 11 nitrogen and oxygen atoms in total. The number of benzene rings is 1. The summed E-state index contributed by atoms with van der Waals surface area (Å²) in [6.45, 7) is 4.64. The summed E-state index contributed by atoms with van der Waals surface area (Å²) in [5, 5.41) is 2.52. The lowest BCUT2D eigenvalue weighted by atomic mass is 10.1. The normalized spacial score (nSPS) is 11.5. The summed E-state index contributed by atoms with van der Waals surface area (Å²) in [5.74, 6) is 0.466. The van der Waals surface area contributed by atoms with E-state index in [0.29, 0.717) is 16.9 Å². The van der Waals surface area contributed by atoms with Crippen molar-refractivity contribution in [3.05, 3.63) is 47.2 Å². The van der Waals surface area contributed by atoms with Gasteiger partial charge in [-0.1, -0.05) is 6.07 Å². The number of carbonyl (C=O) groups is 2. The van der Waals surface area contributed by atoms with Crippen LogP contribution < -0.4 is 15.0 Å². The van der Waals surface area contributed by atoms with E-state index in [1.165, 1.54) is 19.1 Å². The fourth-order valence-electron chi connectivity index (χ4n) is 3.81. The van der Waals surface area contributed by atoms with Gasteiger partial charge in [0.2, 0.25) is 21.8 Å². The average Bonchev–Trinajstić information content (AvgIpc) is 2.85. The molecule has 38 heavy (non-hydrogen) atoms. The van der Waals surface area contributed by atoms with Crippen molar-refractivity contribution in [1.82, 2.24) is 24.4 Å². The lowest BCUT2D eigenvalue weighted by Crippen LogP contribution is -2.43. The molecule has 0 aliphatic rings. The molecule has 0 atom stereocenters. The minimum Gasteiger partial charge on any atom is -0.497 e. The van der Waals surface area contributed by atoms with E-state index in [1.54, 1.807) is 33.0 Å². The monoisotopic (exact) mass is 548 g/mol. The third-order valence-electron chi connectivity index (χ3n) is 6.03. The summed E-state index contributed by atoms with van der Waals surface area (Å²) >= 11 is 0. The van der Waals surface area contributed by atoms with Crippen molar-refractivity contribution >= 4 is 27.7 Å². The maximum absolute atomic E-state index is 13.1. The molecule has 0 radical (unpaired) electrons. The Morgan fingerprint density at radius 1 is 1.00 bits per heavy atom. The first kappa shape index (κ1) is 31.0. The Bertz CT molecular complexity index is 1210. The quantitative estimate of drug-likeness (QED) is 0.396. The summed E-state index contributed by atoms with van der Waals surface area (Å²) in [5.41, 5.74) is 1.76. The number of likely N-dealkylation sites (N-methyl/N-ethyl adjacent to an activating group) is 4. The molecule has 2 amide bonds. The number of aryl methyl sites for hydroxylation is 2. The SMILES string of the molecule is COc1cc(C)c(S(=O)(=O)N(C)CC(=O)NCC(=O)N(C)Cc2cccc(N(C)CCN(C)C)n2)c(C)c1. The van der Waals surface area contributed by atoms with Crippen LogP contribution in [0.1, 0.15) is 16.8 Å². The minimum absolute atomic E-state index is 0.131. The fourth-order valence-corrected chi connectivity index (χ4v) is 5.34. The second-order valence-electron chi connectivity index (χ2n) is 9.59. The lowest BCUT2D eigenvalue weighted by Gasteiger charge is -2.22. The molecule has 0 saturated carbocycles. The smallest absolute Gasteiger partial charge is 0.243 e. The predicted octanol–water partition coefficient (Wildman–Crippen LogP) is 1.10. The van der Waals surface area contributed by atoms with E-state index in [9.17, 15) is 18.0 Å². The molecule has 0 saturated heterocycles. The molecule has 0 fully saturated rings. The Hall–Kier alpha value is -3.22. The first-order valence-electron chi connectivity index (χ1n) is 12.2. The highest BCUT2D eigenvalue weighted by Crippen LogP contribution is 2.27. The van der Waals surface area contributed by atoms with Gasteiger partial charge in [-0.3, -0.25) is 9.59 Å². The Balaban J connectivity index is 1.94. The largest absolute Gasteiger partial charge is 0.497 e. The number of hydrogen-bond donors (Lipinski definition) is 1. The molecule has 0 unspecified atom stereocenters. The topological polar surface area (TPSA) is 115 Å². The molecule has 1 N–H and O–H groups in total. The van der Waals surface area contributed by atoms with E-state index < -0.39 is 22.5 Å². The van der Waals surface area contributed by atoms with Crippen LogP contribution in [0.2, 0.25) is 0 Å². The highest BCUT2D eigenvalue weighted by atomic mass is 32.2. The van der Waals surface area contributed by atoms with E-state index in [0.717, 1.165) is 28.9 Å². The molecular formula is C26H40N6O5S. The van der Waals surface area contributed by atoms with Gasteiger partial charge in [0.1, 0.15) is 11.6 Å². The van der Waals surface area contributed by atoms with Gasteiger partial charge in [-0.05, 0) is 63.3 Å². The highest BCUT2D eigenvalue weighted by molar-refractivity contribution is 7.89. The number of hydrogen-bond acceptors (Lipinski definition) is 8. The minimum atomic E-state index is -3.93. The molecule has 1 aromatic carbocycles. The number of anilines is 1. The molecule has 0 spiro atoms. The highest BCUT2D eigenvalue weighted by Gasteiger charge is 2.27. The van der Waals surface area contributed by atoms with Crippen LogP contribution in [0, 0.1) is 13.8 Å². The summed E-state index contributed by atoms with van der Waals surface area (Å²) < 4.78 is 32.4. The number of nitrogens with zero attached hydrogens (tertiary/aromatic N) is 5. The zero-order valence-corrected chi connectivity index (χ0v) is 24.4. The number of methoxy groups -OCH3 is 1. The third kappa shape index (κ3) is 8.40. The average molecular weight is 549 g/mol. The van der Waals surface area contributed by atoms with Crippen LogP contribution in [-0.2, 0) is 26.2 Å². The van der Waals surface area contributed by atoms with Gasteiger partial charge in [0.05, 0.1) is 37.3 Å². The van der Waals surface area contributed by atoms with Gasteiger partial charge in [-0.25, -0.2) is 13.4 Å². The summed E-state index contributed by atoms with van der Waals surface area (Å²) in [6, 6.07) is 8.92. The number of ether oxygens (including phenoxy) is 1. The third-order valence-corrected chi connectivity index (χ3v) is 8.14. The van der Waals surface area contributed by atoms with Crippen LogP contribution in [-0.4, -0.2) is 108 Å². The van der Waals surface area contributed by atoms with Crippen molar-refractivity contribution in [2.75, 3.05) is 73.4 Å². The van der Waals surface area contributed by atoms with Crippen molar-refractivity contribution in [2.24, 2.45) is 0 Å². The number of aromatic nitrogens is 1. The first-order chi connectivity index (χ1) is 17.8. The number of carbonyl (C=O) groups excluding carboxylic acids is 2. The number of amides is 2. The fraction of sp³-hybridized carbons (Fsp3) is 0.500. The van der Waals surface area contributed by atoms with Crippen molar-refractivity contribution in [1.29, 1.82) is 0 Å². The zero-order valence-electron chi connectivity index (χ0n) is 23.6. The van der Waals surface area contributed by atoms with Crippen LogP contribution in [0.15, 0.2) is 35.2 Å². The van der Waals surface area contributed by atoms with E-state index in [1.807, 2.05) is 44.2 Å². The molecule has 0 aliphatic carbocycles. The van der Waals surface area contributed by atoms with Gasteiger partial charge in [0.25, 0.3) is 0 Å². The maximum atomic E-state index is 13.1. The van der Waals surface area contributed by atoms with Crippen molar-refractivity contribution in [3.63, 3.8) is 0 Å². The van der Waals surface area contributed by atoms with Crippen LogP contribution >= 0.6 is 0 Å². The van der Waals surface area contributed by atoms with E-state index in [-0.39, 0.29) is 23.9 Å². The van der Waals surface area contributed by atoms with Gasteiger partial charge in [-0.2, -0.15) is 4.31 Å². The summed E-state index contributed by atoms with van der Waals surface area (Å²) in [7, 11) is 6.53. The molecule has 12 heteroatoms. The van der Waals surface area contributed by atoms with Gasteiger partial charge in [-0.15, -0.1) is 0 Å². The van der Waals surface area contributed by atoms with E-state index in [4.69, 9.17) is 4.74 Å². The molecule has 0 bridgehead atoms.